The summed E-state index contributed by atoms with van der Waals surface area (Å²) in [6, 6.07) is 6.23. The third-order valence-electron chi connectivity index (χ3n) is 4.10. The van der Waals surface area contributed by atoms with Crippen LogP contribution in [-0.4, -0.2) is 11.1 Å². The van der Waals surface area contributed by atoms with E-state index in [9.17, 15) is 0 Å². The van der Waals surface area contributed by atoms with Crippen LogP contribution in [0.25, 0.3) is 10.9 Å². The lowest BCUT2D eigenvalue weighted by Crippen LogP contribution is -2.11. The molecule has 0 bridgehead atoms. The topological polar surface area (TPSA) is 17.0 Å². The maximum atomic E-state index is 6.18. The molecule has 0 atom stereocenters. The van der Waals surface area contributed by atoms with Crippen LogP contribution >= 0.6 is 11.6 Å². The van der Waals surface area contributed by atoms with Crippen molar-refractivity contribution >= 4 is 22.5 Å². The minimum atomic E-state index is 0.733. The van der Waals surface area contributed by atoms with Gasteiger partial charge in [-0.05, 0) is 30.2 Å². The highest BCUT2D eigenvalue weighted by molar-refractivity contribution is 6.31. The summed E-state index contributed by atoms with van der Waals surface area (Å²) in [7, 11) is 0. The van der Waals surface area contributed by atoms with Crippen LogP contribution in [0.15, 0.2) is 24.4 Å². The SMILES string of the molecule is CCNCc1cn(CC(CC)CC)c2cc(Cl)ccc12. The first kappa shape index (κ1) is 15.4. The van der Waals surface area contributed by atoms with Crippen molar-refractivity contribution in [3.05, 3.63) is 35.0 Å². The van der Waals surface area contributed by atoms with Gasteiger partial charge < -0.3 is 9.88 Å². The minimum absolute atomic E-state index is 0.733. The van der Waals surface area contributed by atoms with Crippen LogP contribution in [0.2, 0.25) is 5.02 Å². The molecule has 0 saturated heterocycles. The third-order valence-corrected chi connectivity index (χ3v) is 4.34. The zero-order valence-corrected chi connectivity index (χ0v) is 13.5. The van der Waals surface area contributed by atoms with Crippen molar-refractivity contribution in [2.24, 2.45) is 5.92 Å². The van der Waals surface area contributed by atoms with Gasteiger partial charge in [0.25, 0.3) is 0 Å². The summed E-state index contributed by atoms with van der Waals surface area (Å²) in [5.74, 6) is 0.733. The molecule has 0 unspecified atom stereocenters. The minimum Gasteiger partial charge on any atom is -0.347 e. The molecule has 0 radical (unpaired) electrons. The molecule has 0 aliphatic rings. The Morgan fingerprint density at radius 3 is 2.60 bits per heavy atom. The maximum absolute atomic E-state index is 6.18. The van der Waals surface area contributed by atoms with E-state index < -0.39 is 0 Å². The van der Waals surface area contributed by atoms with Crippen molar-refractivity contribution in [2.45, 2.75) is 46.7 Å². The van der Waals surface area contributed by atoms with Gasteiger partial charge in [-0.3, -0.25) is 0 Å². The van der Waals surface area contributed by atoms with Gasteiger partial charge in [0.05, 0.1) is 0 Å². The van der Waals surface area contributed by atoms with Crippen molar-refractivity contribution in [1.29, 1.82) is 0 Å². The molecular formula is C17H25ClN2. The average molecular weight is 293 g/mol. The zero-order valence-electron chi connectivity index (χ0n) is 12.7. The second-order valence-corrected chi connectivity index (χ2v) is 5.87. The van der Waals surface area contributed by atoms with Gasteiger partial charge in [-0.2, -0.15) is 0 Å². The van der Waals surface area contributed by atoms with Crippen LogP contribution in [-0.2, 0) is 13.1 Å². The Balaban J connectivity index is 2.39. The Labute approximate surface area is 127 Å². The van der Waals surface area contributed by atoms with Crippen molar-refractivity contribution in [2.75, 3.05) is 6.54 Å². The molecule has 1 aromatic carbocycles. The van der Waals surface area contributed by atoms with E-state index in [0.717, 1.165) is 30.6 Å². The molecule has 0 aliphatic carbocycles. The summed E-state index contributed by atoms with van der Waals surface area (Å²) in [5.41, 5.74) is 2.63. The van der Waals surface area contributed by atoms with Gasteiger partial charge >= 0.3 is 0 Å². The molecule has 0 aliphatic heterocycles. The van der Waals surface area contributed by atoms with Gasteiger partial charge in [0, 0.05) is 35.2 Å². The number of rotatable bonds is 7. The first-order chi connectivity index (χ1) is 9.69. The number of fused-ring (bicyclic) bond motifs is 1. The highest BCUT2D eigenvalue weighted by atomic mass is 35.5. The molecule has 2 rings (SSSR count). The van der Waals surface area contributed by atoms with Crippen molar-refractivity contribution in [1.82, 2.24) is 9.88 Å². The lowest BCUT2D eigenvalue weighted by molar-refractivity contribution is 0.425. The van der Waals surface area contributed by atoms with E-state index in [1.807, 2.05) is 6.07 Å². The molecule has 2 aromatic rings. The first-order valence-corrected chi connectivity index (χ1v) is 8.05. The normalized spacial score (nSPS) is 11.7. The molecule has 0 fully saturated rings. The fraction of sp³-hybridized carbons (Fsp3) is 0.529. The fourth-order valence-corrected chi connectivity index (χ4v) is 2.88. The molecule has 20 heavy (non-hydrogen) atoms. The Bertz CT molecular complexity index is 555. The first-order valence-electron chi connectivity index (χ1n) is 7.67. The molecule has 1 N–H and O–H groups in total. The molecule has 1 aromatic heterocycles. The van der Waals surface area contributed by atoms with E-state index in [2.05, 4.69) is 49.0 Å². The number of hydrogen-bond donors (Lipinski definition) is 1. The van der Waals surface area contributed by atoms with E-state index in [1.54, 1.807) is 0 Å². The van der Waals surface area contributed by atoms with Crippen LogP contribution in [0.4, 0.5) is 0 Å². The second-order valence-electron chi connectivity index (χ2n) is 5.43. The molecule has 2 nitrogen and oxygen atoms in total. The third kappa shape index (κ3) is 3.36. The Morgan fingerprint density at radius 2 is 1.95 bits per heavy atom. The van der Waals surface area contributed by atoms with Gasteiger partial charge in [-0.25, -0.2) is 0 Å². The molecular weight excluding hydrogens is 268 g/mol. The molecule has 3 heteroatoms. The van der Waals surface area contributed by atoms with Crippen LogP contribution in [0.1, 0.15) is 39.2 Å². The highest BCUT2D eigenvalue weighted by Gasteiger charge is 2.11. The van der Waals surface area contributed by atoms with E-state index in [-0.39, 0.29) is 0 Å². The Morgan fingerprint density at radius 1 is 1.20 bits per heavy atom. The van der Waals surface area contributed by atoms with E-state index >= 15 is 0 Å². The van der Waals surface area contributed by atoms with E-state index in [0.29, 0.717) is 0 Å². The van der Waals surface area contributed by atoms with Crippen molar-refractivity contribution < 1.29 is 0 Å². The largest absolute Gasteiger partial charge is 0.347 e. The predicted octanol–water partition coefficient (Wildman–Crippen LogP) is 4.84. The highest BCUT2D eigenvalue weighted by Crippen LogP contribution is 2.26. The quantitative estimate of drug-likeness (QED) is 0.772. The van der Waals surface area contributed by atoms with Gasteiger partial charge in [0.15, 0.2) is 0 Å². The van der Waals surface area contributed by atoms with Gasteiger partial charge in [-0.15, -0.1) is 0 Å². The van der Waals surface area contributed by atoms with Crippen LogP contribution in [0.3, 0.4) is 0 Å². The summed E-state index contributed by atoms with van der Waals surface area (Å²) in [5, 5.41) is 5.56. The van der Waals surface area contributed by atoms with Crippen LogP contribution in [0.5, 0.6) is 0 Å². The number of nitrogens with one attached hydrogen (secondary N) is 1. The van der Waals surface area contributed by atoms with Gasteiger partial charge in [0.1, 0.15) is 0 Å². The summed E-state index contributed by atoms with van der Waals surface area (Å²) in [6.45, 7) is 9.67. The number of halogens is 1. The predicted molar refractivity (Wildman–Crippen MR) is 88.4 cm³/mol. The average Bonchev–Trinajstić information content (AvgIpc) is 2.79. The lowest BCUT2D eigenvalue weighted by Gasteiger charge is -2.14. The summed E-state index contributed by atoms with van der Waals surface area (Å²) in [4.78, 5) is 0. The number of aromatic nitrogens is 1. The standard InChI is InChI=1S/C17H25ClN2/c1-4-13(5-2)11-20-12-14(10-19-6-3)16-8-7-15(18)9-17(16)20/h7-9,12-13,19H,4-6,10-11H2,1-3H3. The second kappa shape index (κ2) is 7.14. The van der Waals surface area contributed by atoms with Crippen LogP contribution in [0, 0.1) is 5.92 Å². The monoisotopic (exact) mass is 292 g/mol. The van der Waals surface area contributed by atoms with E-state index in [1.165, 1.54) is 29.3 Å². The molecule has 0 saturated carbocycles. The summed E-state index contributed by atoms with van der Waals surface area (Å²) >= 11 is 6.18. The number of nitrogens with zero attached hydrogens (tertiary/aromatic N) is 1. The zero-order chi connectivity index (χ0) is 14.5. The molecule has 110 valence electrons. The van der Waals surface area contributed by atoms with Crippen LogP contribution < -0.4 is 5.32 Å². The van der Waals surface area contributed by atoms with Crippen molar-refractivity contribution in [3.63, 3.8) is 0 Å². The number of hydrogen-bond acceptors (Lipinski definition) is 1. The van der Waals surface area contributed by atoms with Gasteiger partial charge in [0.2, 0.25) is 0 Å². The summed E-state index contributed by atoms with van der Waals surface area (Å²) < 4.78 is 2.38. The lowest BCUT2D eigenvalue weighted by atomic mass is 10.0. The van der Waals surface area contributed by atoms with E-state index in [4.69, 9.17) is 11.6 Å². The van der Waals surface area contributed by atoms with Gasteiger partial charge in [-0.1, -0.05) is 51.3 Å². The molecule has 0 amide bonds. The molecule has 1 heterocycles. The Hall–Kier alpha value is -0.990. The smallest absolute Gasteiger partial charge is 0.0498 e. The number of benzene rings is 1. The maximum Gasteiger partial charge on any atom is 0.0498 e. The summed E-state index contributed by atoms with van der Waals surface area (Å²) in [6.07, 6.45) is 4.74. The fourth-order valence-electron chi connectivity index (χ4n) is 2.72. The van der Waals surface area contributed by atoms with Crippen molar-refractivity contribution in [3.8, 4) is 0 Å². The Kier molecular flexibility index (Phi) is 5.50. The molecule has 0 spiro atoms.